The molecular formula is C17H21NO3. The van der Waals surface area contributed by atoms with Crippen LogP contribution in [0.25, 0.3) is 0 Å². The van der Waals surface area contributed by atoms with Crippen LogP contribution in [-0.4, -0.2) is 24.9 Å². The van der Waals surface area contributed by atoms with E-state index in [2.05, 4.69) is 0 Å². The standard InChI is InChI=1S/C17H21NO3/c1-2-20-15-10-6-7-11-16(15)21-13-17(18,12-19)14-8-4-3-5-9-14/h3-11,19H,2,12-13,18H2,1H3. The smallest absolute Gasteiger partial charge is 0.161 e. The summed E-state index contributed by atoms with van der Waals surface area (Å²) in [5.74, 6) is 1.30. The van der Waals surface area contributed by atoms with Crippen molar-refractivity contribution in [3.63, 3.8) is 0 Å². The van der Waals surface area contributed by atoms with E-state index < -0.39 is 5.54 Å². The lowest BCUT2D eigenvalue weighted by Gasteiger charge is -2.28. The van der Waals surface area contributed by atoms with E-state index in [1.165, 1.54) is 0 Å². The van der Waals surface area contributed by atoms with E-state index in [4.69, 9.17) is 15.2 Å². The van der Waals surface area contributed by atoms with Crippen LogP contribution in [0.1, 0.15) is 12.5 Å². The van der Waals surface area contributed by atoms with Gasteiger partial charge in [-0.2, -0.15) is 0 Å². The van der Waals surface area contributed by atoms with E-state index in [9.17, 15) is 5.11 Å². The van der Waals surface area contributed by atoms with Gasteiger partial charge in [-0.15, -0.1) is 0 Å². The van der Waals surface area contributed by atoms with Crippen LogP contribution in [0.4, 0.5) is 0 Å². The zero-order valence-electron chi connectivity index (χ0n) is 12.2. The fourth-order valence-electron chi connectivity index (χ4n) is 2.04. The number of nitrogens with two attached hydrogens (primary N) is 1. The number of ether oxygens (including phenoxy) is 2. The molecule has 1 unspecified atom stereocenters. The van der Waals surface area contributed by atoms with Crippen molar-refractivity contribution in [1.29, 1.82) is 0 Å². The molecule has 0 saturated carbocycles. The molecule has 112 valence electrons. The van der Waals surface area contributed by atoms with Gasteiger partial charge in [0, 0.05) is 0 Å². The first-order chi connectivity index (χ1) is 10.2. The zero-order valence-corrected chi connectivity index (χ0v) is 12.2. The molecule has 0 aliphatic carbocycles. The van der Waals surface area contributed by atoms with E-state index >= 15 is 0 Å². The first-order valence-electron chi connectivity index (χ1n) is 6.99. The molecule has 4 nitrogen and oxygen atoms in total. The van der Waals surface area contributed by atoms with Crippen LogP contribution < -0.4 is 15.2 Å². The largest absolute Gasteiger partial charge is 0.490 e. The summed E-state index contributed by atoms with van der Waals surface area (Å²) in [5.41, 5.74) is 6.17. The molecule has 0 aliphatic rings. The Kier molecular flexibility index (Phi) is 5.20. The third kappa shape index (κ3) is 3.74. The molecule has 0 spiro atoms. The SMILES string of the molecule is CCOc1ccccc1OCC(N)(CO)c1ccccc1. The molecule has 3 N–H and O–H groups in total. The summed E-state index contributed by atoms with van der Waals surface area (Å²) in [6.07, 6.45) is 0. The minimum absolute atomic E-state index is 0.164. The van der Waals surface area contributed by atoms with Gasteiger partial charge in [-0.05, 0) is 24.6 Å². The molecule has 0 radical (unpaired) electrons. The van der Waals surface area contributed by atoms with Crippen molar-refractivity contribution in [2.45, 2.75) is 12.5 Å². The summed E-state index contributed by atoms with van der Waals surface area (Å²) in [6, 6.07) is 16.9. The highest BCUT2D eigenvalue weighted by Crippen LogP contribution is 2.28. The molecule has 0 amide bonds. The van der Waals surface area contributed by atoms with Crippen molar-refractivity contribution in [2.24, 2.45) is 5.73 Å². The van der Waals surface area contributed by atoms with Gasteiger partial charge < -0.3 is 20.3 Å². The summed E-state index contributed by atoms with van der Waals surface area (Å²) in [6.45, 7) is 2.44. The minimum atomic E-state index is -0.944. The molecule has 0 aliphatic heterocycles. The maximum atomic E-state index is 9.65. The third-order valence-corrected chi connectivity index (χ3v) is 3.27. The number of aliphatic hydroxyl groups is 1. The Bertz CT molecular complexity index is 559. The molecule has 2 aromatic rings. The quantitative estimate of drug-likeness (QED) is 0.820. The fraction of sp³-hybridized carbons (Fsp3) is 0.294. The van der Waals surface area contributed by atoms with E-state index in [0.717, 1.165) is 5.56 Å². The van der Waals surface area contributed by atoms with Gasteiger partial charge >= 0.3 is 0 Å². The molecule has 21 heavy (non-hydrogen) atoms. The summed E-state index contributed by atoms with van der Waals surface area (Å²) >= 11 is 0. The molecule has 0 aromatic heterocycles. The van der Waals surface area contributed by atoms with Crippen LogP contribution >= 0.6 is 0 Å². The van der Waals surface area contributed by atoms with E-state index in [-0.39, 0.29) is 13.2 Å². The second-order valence-corrected chi connectivity index (χ2v) is 4.85. The summed E-state index contributed by atoms with van der Waals surface area (Å²) in [5, 5.41) is 9.65. The lowest BCUT2D eigenvalue weighted by Crippen LogP contribution is -2.46. The van der Waals surface area contributed by atoms with Gasteiger partial charge in [-0.1, -0.05) is 42.5 Å². The highest BCUT2D eigenvalue weighted by molar-refractivity contribution is 5.39. The van der Waals surface area contributed by atoms with Gasteiger partial charge in [0.15, 0.2) is 11.5 Å². The van der Waals surface area contributed by atoms with Gasteiger partial charge in [-0.3, -0.25) is 0 Å². The Hall–Kier alpha value is -2.04. The predicted octanol–water partition coefficient (Wildman–Crippen LogP) is 2.31. The molecular weight excluding hydrogens is 266 g/mol. The van der Waals surface area contributed by atoms with Crippen LogP contribution in [0.2, 0.25) is 0 Å². The topological polar surface area (TPSA) is 64.7 Å². The van der Waals surface area contributed by atoms with Gasteiger partial charge in [-0.25, -0.2) is 0 Å². The number of para-hydroxylation sites is 2. The lowest BCUT2D eigenvalue weighted by molar-refractivity contribution is 0.130. The summed E-state index contributed by atoms with van der Waals surface area (Å²) in [7, 11) is 0. The zero-order chi connectivity index (χ0) is 15.1. The third-order valence-electron chi connectivity index (χ3n) is 3.27. The molecule has 2 rings (SSSR count). The summed E-state index contributed by atoms with van der Waals surface area (Å²) < 4.78 is 11.3. The van der Waals surface area contributed by atoms with Crippen molar-refractivity contribution in [3.05, 3.63) is 60.2 Å². The highest BCUT2D eigenvalue weighted by Gasteiger charge is 2.28. The Balaban J connectivity index is 2.14. The highest BCUT2D eigenvalue weighted by atomic mass is 16.5. The second kappa shape index (κ2) is 7.11. The minimum Gasteiger partial charge on any atom is -0.490 e. The van der Waals surface area contributed by atoms with E-state index in [1.807, 2.05) is 61.5 Å². The molecule has 0 fully saturated rings. The number of aliphatic hydroxyl groups excluding tert-OH is 1. The molecule has 4 heteroatoms. The Morgan fingerprint density at radius 2 is 1.52 bits per heavy atom. The van der Waals surface area contributed by atoms with Crippen LogP contribution in [0.3, 0.4) is 0 Å². The normalized spacial score (nSPS) is 13.5. The van der Waals surface area contributed by atoms with Crippen LogP contribution in [0.15, 0.2) is 54.6 Å². The van der Waals surface area contributed by atoms with Crippen LogP contribution in [0.5, 0.6) is 11.5 Å². The van der Waals surface area contributed by atoms with Crippen molar-refractivity contribution in [2.75, 3.05) is 19.8 Å². The van der Waals surface area contributed by atoms with Gasteiger partial charge in [0.1, 0.15) is 6.61 Å². The number of hydrogen-bond donors (Lipinski definition) is 2. The monoisotopic (exact) mass is 287 g/mol. The van der Waals surface area contributed by atoms with Crippen molar-refractivity contribution in [3.8, 4) is 11.5 Å². The van der Waals surface area contributed by atoms with E-state index in [0.29, 0.717) is 18.1 Å². The van der Waals surface area contributed by atoms with Crippen molar-refractivity contribution >= 4 is 0 Å². The van der Waals surface area contributed by atoms with Crippen molar-refractivity contribution in [1.82, 2.24) is 0 Å². The van der Waals surface area contributed by atoms with E-state index in [1.54, 1.807) is 0 Å². The predicted molar refractivity (Wildman–Crippen MR) is 82.5 cm³/mol. The second-order valence-electron chi connectivity index (χ2n) is 4.85. The van der Waals surface area contributed by atoms with Crippen LogP contribution in [-0.2, 0) is 5.54 Å². The van der Waals surface area contributed by atoms with Gasteiger partial charge in [0.2, 0.25) is 0 Å². The molecule has 1 atom stereocenters. The molecule has 0 saturated heterocycles. The number of hydrogen-bond acceptors (Lipinski definition) is 4. The molecule has 2 aromatic carbocycles. The average Bonchev–Trinajstić information content (AvgIpc) is 2.55. The first kappa shape index (κ1) is 15.4. The number of benzene rings is 2. The average molecular weight is 287 g/mol. The molecule has 0 heterocycles. The molecule has 0 bridgehead atoms. The summed E-state index contributed by atoms with van der Waals surface area (Å²) in [4.78, 5) is 0. The lowest BCUT2D eigenvalue weighted by atomic mass is 9.93. The Morgan fingerprint density at radius 3 is 2.10 bits per heavy atom. The maximum Gasteiger partial charge on any atom is 0.161 e. The first-order valence-corrected chi connectivity index (χ1v) is 6.99. The fourth-order valence-corrected chi connectivity index (χ4v) is 2.04. The number of rotatable bonds is 7. The maximum absolute atomic E-state index is 9.65. The van der Waals surface area contributed by atoms with Crippen LogP contribution in [0, 0.1) is 0 Å². The Labute approximate surface area is 125 Å². The Morgan fingerprint density at radius 1 is 0.952 bits per heavy atom. The van der Waals surface area contributed by atoms with Gasteiger partial charge in [0.05, 0.1) is 18.8 Å². The van der Waals surface area contributed by atoms with Gasteiger partial charge in [0.25, 0.3) is 0 Å². The van der Waals surface area contributed by atoms with Crippen molar-refractivity contribution < 1.29 is 14.6 Å².